The molecule has 7 heteroatoms. The van der Waals surface area contributed by atoms with Crippen molar-refractivity contribution in [2.75, 3.05) is 19.8 Å². The summed E-state index contributed by atoms with van der Waals surface area (Å²) in [7, 11) is 0. The molecule has 1 aliphatic rings. The van der Waals surface area contributed by atoms with E-state index in [9.17, 15) is 18.0 Å². The van der Waals surface area contributed by atoms with Gasteiger partial charge >= 0.3 is 6.18 Å². The number of benzene rings is 1. The van der Waals surface area contributed by atoms with Crippen LogP contribution in [0.4, 0.5) is 13.2 Å². The Bertz CT molecular complexity index is 725. The lowest BCUT2D eigenvalue weighted by molar-refractivity contribution is -0.137. The van der Waals surface area contributed by atoms with Crippen LogP contribution in [0.25, 0.3) is 0 Å². The Kier molecular flexibility index (Phi) is 5.98. The van der Waals surface area contributed by atoms with Gasteiger partial charge in [0.25, 0.3) is 5.91 Å². The fourth-order valence-corrected chi connectivity index (χ4v) is 3.82. The molecule has 1 amide bonds. The Morgan fingerprint density at radius 3 is 2.62 bits per heavy atom. The molecule has 26 heavy (non-hydrogen) atoms. The molecule has 1 saturated heterocycles. The molecule has 0 aliphatic carbocycles. The molecule has 1 fully saturated rings. The van der Waals surface area contributed by atoms with Crippen LogP contribution in [0.5, 0.6) is 0 Å². The van der Waals surface area contributed by atoms with Gasteiger partial charge in [0.1, 0.15) is 0 Å². The highest BCUT2D eigenvalue weighted by molar-refractivity contribution is 7.09. The van der Waals surface area contributed by atoms with Crippen LogP contribution in [0.3, 0.4) is 0 Å². The Hall–Kier alpha value is -1.86. The maximum atomic E-state index is 13.0. The van der Waals surface area contributed by atoms with Gasteiger partial charge in [0.15, 0.2) is 0 Å². The highest BCUT2D eigenvalue weighted by Gasteiger charge is 2.32. The van der Waals surface area contributed by atoms with E-state index in [1.807, 2.05) is 17.5 Å². The number of hydrogen-bond acceptors (Lipinski definition) is 3. The number of alkyl halides is 3. The summed E-state index contributed by atoms with van der Waals surface area (Å²) in [4.78, 5) is 15.9. The minimum absolute atomic E-state index is 0.00856. The van der Waals surface area contributed by atoms with Gasteiger partial charge in [0, 0.05) is 36.2 Å². The van der Waals surface area contributed by atoms with E-state index in [0.717, 1.165) is 17.0 Å². The summed E-state index contributed by atoms with van der Waals surface area (Å²) in [6.07, 6.45) is -2.36. The maximum absolute atomic E-state index is 13.0. The Balaban J connectivity index is 1.81. The molecule has 1 aromatic carbocycles. The van der Waals surface area contributed by atoms with Gasteiger partial charge in [0.05, 0.1) is 5.56 Å². The minimum Gasteiger partial charge on any atom is -0.381 e. The third kappa shape index (κ3) is 4.65. The highest BCUT2D eigenvalue weighted by Crippen LogP contribution is 2.30. The van der Waals surface area contributed by atoms with E-state index >= 15 is 0 Å². The van der Waals surface area contributed by atoms with Crippen molar-refractivity contribution < 1.29 is 22.7 Å². The summed E-state index contributed by atoms with van der Waals surface area (Å²) < 4.78 is 44.3. The summed E-state index contributed by atoms with van der Waals surface area (Å²) in [5, 5.41) is 1.97. The van der Waals surface area contributed by atoms with E-state index in [4.69, 9.17) is 4.74 Å². The van der Waals surface area contributed by atoms with Crippen LogP contribution in [0.15, 0.2) is 41.8 Å². The van der Waals surface area contributed by atoms with Gasteiger partial charge in [-0.1, -0.05) is 12.1 Å². The number of nitrogens with zero attached hydrogens (tertiary/aromatic N) is 1. The predicted molar refractivity (Wildman–Crippen MR) is 94.3 cm³/mol. The van der Waals surface area contributed by atoms with Crippen LogP contribution in [0, 0.1) is 0 Å². The first-order valence-electron chi connectivity index (χ1n) is 8.53. The van der Waals surface area contributed by atoms with Crippen molar-refractivity contribution in [2.24, 2.45) is 0 Å². The van der Waals surface area contributed by atoms with E-state index in [1.165, 1.54) is 12.1 Å². The molecule has 1 aliphatic heterocycles. The second-order valence-corrected chi connectivity index (χ2v) is 7.28. The zero-order chi connectivity index (χ0) is 18.6. The van der Waals surface area contributed by atoms with Crippen LogP contribution < -0.4 is 0 Å². The lowest BCUT2D eigenvalue weighted by Crippen LogP contribution is -2.44. The van der Waals surface area contributed by atoms with Crippen molar-refractivity contribution in [3.05, 3.63) is 57.8 Å². The molecule has 0 unspecified atom stereocenters. The van der Waals surface area contributed by atoms with E-state index in [2.05, 4.69) is 0 Å². The second kappa shape index (κ2) is 8.22. The highest BCUT2D eigenvalue weighted by atomic mass is 32.1. The molecular formula is C19H20F3NO2S. The minimum atomic E-state index is -4.46. The molecule has 2 heterocycles. The van der Waals surface area contributed by atoms with Gasteiger partial charge < -0.3 is 9.64 Å². The van der Waals surface area contributed by atoms with Crippen molar-refractivity contribution in [3.8, 4) is 0 Å². The lowest BCUT2D eigenvalue weighted by atomic mass is 10.0. The smallest absolute Gasteiger partial charge is 0.381 e. The fourth-order valence-electron chi connectivity index (χ4n) is 3.13. The average Bonchev–Trinajstić information content (AvgIpc) is 3.15. The number of thiophene rings is 1. The van der Waals surface area contributed by atoms with Crippen molar-refractivity contribution in [1.29, 1.82) is 0 Å². The number of rotatable bonds is 5. The number of carbonyl (C=O) groups excluding carboxylic acids is 1. The second-order valence-electron chi connectivity index (χ2n) is 6.25. The van der Waals surface area contributed by atoms with Crippen LogP contribution in [-0.2, 0) is 17.3 Å². The third-order valence-corrected chi connectivity index (χ3v) is 5.44. The molecule has 0 saturated carbocycles. The van der Waals surface area contributed by atoms with Crippen molar-refractivity contribution in [3.63, 3.8) is 0 Å². The summed E-state index contributed by atoms with van der Waals surface area (Å²) in [5.41, 5.74) is -0.717. The zero-order valence-electron chi connectivity index (χ0n) is 14.2. The average molecular weight is 383 g/mol. The number of amides is 1. The van der Waals surface area contributed by atoms with Crippen molar-refractivity contribution in [2.45, 2.75) is 31.5 Å². The van der Waals surface area contributed by atoms with Crippen LogP contribution >= 0.6 is 11.3 Å². The lowest BCUT2D eigenvalue weighted by Gasteiger charge is -2.34. The first-order chi connectivity index (χ1) is 12.4. The molecular weight excluding hydrogens is 363 g/mol. The number of hydrogen-bond donors (Lipinski definition) is 0. The fraction of sp³-hybridized carbons (Fsp3) is 0.421. The van der Waals surface area contributed by atoms with Gasteiger partial charge in [-0.2, -0.15) is 13.2 Å². The molecule has 140 valence electrons. The SMILES string of the molecule is O=C(c1cccc(C(F)(F)F)c1)N(CCc1cccs1)C1CCOCC1. The molecule has 1 aromatic heterocycles. The Labute approximate surface area is 154 Å². The van der Waals surface area contributed by atoms with Crippen molar-refractivity contribution in [1.82, 2.24) is 4.90 Å². The van der Waals surface area contributed by atoms with E-state index in [0.29, 0.717) is 39.0 Å². The molecule has 0 bridgehead atoms. The predicted octanol–water partition coefficient (Wildman–Crippen LogP) is 4.63. The van der Waals surface area contributed by atoms with Gasteiger partial charge in [-0.05, 0) is 48.9 Å². The Morgan fingerprint density at radius 1 is 1.19 bits per heavy atom. The number of ether oxygens (including phenoxy) is 1. The number of halogens is 3. The normalized spacial score (nSPS) is 15.8. The summed E-state index contributed by atoms with van der Waals surface area (Å²) in [6, 6.07) is 8.62. The Morgan fingerprint density at radius 2 is 1.96 bits per heavy atom. The van der Waals surface area contributed by atoms with E-state index < -0.39 is 11.7 Å². The molecule has 3 rings (SSSR count). The summed E-state index contributed by atoms with van der Waals surface area (Å²) in [6.45, 7) is 1.62. The molecule has 3 nitrogen and oxygen atoms in total. The van der Waals surface area contributed by atoms with Gasteiger partial charge in [-0.3, -0.25) is 4.79 Å². The van der Waals surface area contributed by atoms with Crippen LogP contribution in [0.2, 0.25) is 0 Å². The zero-order valence-corrected chi connectivity index (χ0v) is 15.0. The molecule has 0 atom stereocenters. The molecule has 0 radical (unpaired) electrons. The topological polar surface area (TPSA) is 29.5 Å². The first-order valence-corrected chi connectivity index (χ1v) is 9.41. The van der Waals surface area contributed by atoms with E-state index in [1.54, 1.807) is 16.2 Å². The van der Waals surface area contributed by atoms with Gasteiger partial charge in [-0.15, -0.1) is 11.3 Å². The van der Waals surface area contributed by atoms with Gasteiger partial charge in [-0.25, -0.2) is 0 Å². The quantitative estimate of drug-likeness (QED) is 0.753. The summed E-state index contributed by atoms with van der Waals surface area (Å²) in [5.74, 6) is -0.348. The molecule has 0 N–H and O–H groups in total. The van der Waals surface area contributed by atoms with Gasteiger partial charge in [0.2, 0.25) is 0 Å². The van der Waals surface area contributed by atoms with Crippen LogP contribution in [0.1, 0.15) is 33.6 Å². The molecule has 0 spiro atoms. The number of carbonyl (C=O) groups is 1. The maximum Gasteiger partial charge on any atom is 0.416 e. The summed E-state index contributed by atoms with van der Waals surface area (Å²) >= 11 is 1.61. The standard InChI is InChI=1S/C19H20F3NO2S/c20-19(21,22)15-4-1-3-14(13-15)18(24)23(16-7-10-25-11-8-16)9-6-17-5-2-12-26-17/h1-5,12-13,16H,6-11H2. The van der Waals surface area contributed by atoms with Crippen molar-refractivity contribution >= 4 is 17.2 Å². The van der Waals surface area contributed by atoms with E-state index in [-0.39, 0.29) is 17.5 Å². The first kappa shape index (κ1) is 18.9. The monoisotopic (exact) mass is 383 g/mol. The third-order valence-electron chi connectivity index (χ3n) is 4.51. The largest absolute Gasteiger partial charge is 0.416 e. The van der Waals surface area contributed by atoms with Crippen LogP contribution in [-0.4, -0.2) is 36.6 Å². The molecule has 2 aromatic rings.